The molecular weight excluding hydrogens is 319 g/mol. The van der Waals surface area contributed by atoms with E-state index in [1.807, 2.05) is 0 Å². The van der Waals surface area contributed by atoms with Crippen LogP contribution in [0.3, 0.4) is 0 Å². The van der Waals surface area contributed by atoms with Crippen LogP contribution in [-0.4, -0.2) is 13.5 Å². The van der Waals surface area contributed by atoms with Gasteiger partial charge in [0.2, 0.25) is 9.84 Å². The van der Waals surface area contributed by atoms with E-state index in [2.05, 4.69) is 0 Å². The van der Waals surface area contributed by atoms with Crippen molar-refractivity contribution in [2.45, 2.75) is 4.90 Å². The van der Waals surface area contributed by atoms with Gasteiger partial charge in [0.25, 0.3) is 0 Å². The first-order valence-corrected chi connectivity index (χ1v) is 7.86. The lowest BCUT2D eigenvalue weighted by Gasteiger charge is -2.03. The topological polar surface area (TPSA) is 54.4 Å². The van der Waals surface area contributed by atoms with Crippen molar-refractivity contribution < 1.29 is 13.5 Å². The van der Waals surface area contributed by atoms with Crippen molar-refractivity contribution in [3.05, 3.63) is 69.5 Å². The van der Waals surface area contributed by atoms with E-state index < -0.39 is 9.84 Å². The first kappa shape index (κ1) is 14.9. The molecule has 1 N–H and O–H groups in total. The third kappa shape index (κ3) is 3.33. The Morgan fingerprint density at radius 1 is 1.00 bits per heavy atom. The largest absolute Gasteiger partial charge is 0.507 e. The fourth-order valence-corrected chi connectivity index (χ4v) is 3.01. The van der Waals surface area contributed by atoms with E-state index in [0.717, 1.165) is 5.41 Å². The molecule has 104 valence electrons. The van der Waals surface area contributed by atoms with Crippen molar-refractivity contribution in [2.24, 2.45) is 0 Å². The lowest BCUT2D eigenvalue weighted by atomic mass is 10.2. The molecule has 6 heteroatoms. The highest BCUT2D eigenvalue weighted by Gasteiger charge is 2.15. The third-order valence-electron chi connectivity index (χ3n) is 2.56. The molecular formula is C14H10Cl2O3S. The SMILES string of the molecule is O=S(=O)(C=C(O)c1ccccc1)c1ccc(Cl)c(Cl)c1. The van der Waals surface area contributed by atoms with Crippen LogP contribution in [0.1, 0.15) is 5.56 Å². The van der Waals surface area contributed by atoms with Gasteiger partial charge < -0.3 is 5.11 Å². The zero-order valence-electron chi connectivity index (χ0n) is 10.1. The number of aliphatic hydroxyl groups is 1. The maximum Gasteiger partial charge on any atom is 0.203 e. The molecule has 20 heavy (non-hydrogen) atoms. The highest BCUT2D eigenvalue weighted by molar-refractivity contribution is 7.94. The summed E-state index contributed by atoms with van der Waals surface area (Å²) in [6.07, 6.45) is 0. The highest BCUT2D eigenvalue weighted by atomic mass is 35.5. The number of hydrogen-bond donors (Lipinski definition) is 1. The summed E-state index contributed by atoms with van der Waals surface area (Å²) in [6, 6.07) is 12.4. The molecule has 0 spiro atoms. The van der Waals surface area contributed by atoms with Crippen molar-refractivity contribution in [1.82, 2.24) is 0 Å². The zero-order valence-corrected chi connectivity index (χ0v) is 12.5. The maximum absolute atomic E-state index is 12.1. The Bertz CT molecular complexity index is 753. The molecule has 0 saturated heterocycles. The van der Waals surface area contributed by atoms with Gasteiger partial charge in [-0.05, 0) is 18.2 Å². The number of hydrogen-bond acceptors (Lipinski definition) is 3. The van der Waals surface area contributed by atoms with Crippen molar-refractivity contribution >= 4 is 38.8 Å². The van der Waals surface area contributed by atoms with Crippen LogP contribution in [0.4, 0.5) is 0 Å². The van der Waals surface area contributed by atoms with Gasteiger partial charge in [0.1, 0.15) is 5.76 Å². The predicted octanol–water partition coefficient (Wildman–Crippen LogP) is 4.32. The molecule has 0 aliphatic carbocycles. The van der Waals surface area contributed by atoms with Crippen LogP contribution in [0.15, 0.2) is 58.8 Å². The van der Waals surface area contributed by atoms with Gasteiger partial charge in [-0.15, -0.1) is 0 Å². The second kappa shape index (κ2) is 5.87. The van der Waals surface area contributed by atoms with Gasteiger partial charge in [-0.1, -0.05) is 53.5 Å². The average molecular weight is 329 g/mol. The molecule has 0 fully saturated rings. The molecule has 2 aromatic carbocycles. The number of aliphatic hydroxyl groups excluding tert-OH is 1. The maximum atomic E-state index is 12.1. The molecule has 0 amide bonds. The molecule has 0 aliphatic heterocycles. The van der Waals surface area contributed by atoms with Crippen LogP contribution in [-0.2, 0) is 9.84 Å². The number of halogens is 2. The van der Waals surface area contributed by atoms with Crippen LogP contribution in [0.2, 0.25) is 10.0 Å². The Morgan fingerprint density at radius 2 is 1.65 bits per heavy atom. The summed E-state index contributed by atoms with van der Waals surface area (Å²) >= 11 is 11.5. The van der Waals surface area contributed by atoms with Crippen molar-refractivity contribution in [3.63, 3.8) is 0 Å². The second-order valence-corrected chi connectivity index (χ2v) is 6.60. The molecule has 0 aliphatic rings. The fourth-order valence-electron chi connectivity index (χ4n) is 1.55. The van der Waals surface area contributed by atoms with Crippen LogP contribution in [0, 0.1) is 0 Å². The number of benzene rings is 2. The van der Waals surface area contributed by atoms with Gasteiger partial charge in [-0.3, -0.25) is 0 Å². The molecule has 0 heterocycles. The van der Waals surface area contributed by atoms with E-state index in [0.29, 0.717) is 5.56 Å². The number of rotatable bonds is 3. The van der Waals surface area contributed by atoms with Gasteiger partial charge in [0.15, 0.2) is 0 Å². The zero-order chi connectivity index (χ0) is 14.8. The Kier molecular flexibility index (Phi) is 4.38. The van der Waals surface area contributed by atoms with Gasteiger partial charge in [0, 0.05) is 5.56 Å². The number of sulfone groups is 1. The van der Waals surface area contributed by atoms with E-state index in [-0.39, 0.29) is 20.7 Å². The average Bonchev–Trinajstić information content (AvgIpc) is 2.42. The van der Waals surface area contributed by atoms with Crippen LogP contribution < -0.4 is 0 Å². The van der Waals surface area contributed by atoms with Crippen molar-refractivity contribution in [2.75, 3.05) is 0 Å². The van der Waals surface area contributed by atoms with Gasteiger partial charge >= 0.3 is 0 Å². The molecule has 0 unspecified atom stereocenters. The first-order chi connectivity index (χ1) is 9.40. The Labute approximate surface area is 127 Å². The summed E-state index contributed by atoms with van der Waals surface area (Å²) in [7, 11) is -3.80. The second-order valence-electron chi connectivity index (χ2n) is 3.99. The van der Waals surface area contributed by atoms with E-state index in [1.165, 1.54) is 18.2 Å². The van der Waals surface area contributed by atoms with E-state index >= 15 is 0 Å². The molecule has 3 nitrogen and oxygen atoms in total. The fraction of sp³-hybridized carbons (Fsp3) is 0. The van der Waals surface area contributed by atoms with Crippen LogP contribution >= 0.6 is 23.2 Å². The van der Waals surface area contributed by atoms with Gasteiger partial charge in [-0.2, -0.15) is 0 Å². The summed E-state index contributed by atoms with van der Waals surface area (Å²) < 4.78 is 24.3. The smallest absolute Gasteiger partial charge is 0.203 e. The monoisotopic (exact) mass is 328 g/mol. The Morgan fingerprint density at radius 3 is 2.25 bits per heavy atom. The Balaban J connectivity index is 2.43. The summed E-state index contributed by atoms with van der Waals surface area (Å²) in [5.74, 6) is -0.336. The lowest BCUT2D eigenvalue weighted by Crippen LogP contribution is -1.98. The normalized spacial score (nSPS) is 12.4. The van der Waals surface area contributed by atoms with Gasteiger partial charge in [-0.25, -0.2) is 8.42 Å². The molecule has 0 saturated carbocycles. The van der Waals surface area contributed by atoms with Crippen LogP contribution in [0.5, 0.6) is 0 Å². The van der Waals surface area contributed by atoms with Crippen molar-refractivity contribution in [3.8, 4) is 0 Å². The van der Waals surface area contributed by atoms with Crippen molar-refractivity contribution in [1.29, 1.82) is 0 Å². The molecule has 0 atom stereocenters. The third-order valence-corrected chi connectivity index (χ3v) is 4.74. The minimum atomic E-state index is -3.80. The molecule has 2 rings (SSSR count). The van der Waals surface area contributed by atoms with E-state index in [1.54, 1.807) is 30.3 Å². The molecule has 0 aromatic heterocycles. The highest BCUT2D eigenvalue weighted by Crippen LogP contribution is 2.26. The lowest BCUT2D eigenvalue weighted by molar-refractivity contribution is 0.512. The van der Waals surface area contributed by atoms with Gasteiger partial charge in [0.05, 0.1) is 20.3 Å². The molecule has 0 bridgehead atoms. The molecule has 2 aromatic rings. The summed E-state index contributed by atoms with van der Waals surface area (Å²) in [4.78, 5) is -0.0330. The van der Waals surface area contributed by atoms with Crippen LogP contribution in [0.25, 0.3) is 5.76 Å². The standard InChI is InChI=1S/C14H10Cl2O3S/c15-12-7-6-11(8-13(12)16)20(18,19)9-14(17)10-4-2-1-3-5-10/h1-9,17H. The first-order valence-electron chi connectivity index (χ1n) is 5.56. The van der Waals surface area contributed by atoms with E-state index in [9.17, 15) is 13.5 Å². The minimum Gasteiger partial charge on any atom is -0.507 e. The predicted molar refractivity (Wildman–Crippen MR) is 80.7 cm³/mol. The Hall–Kier alpha value is -1.49. The summed E-state index contributed by atoms with van der Waals surface area (Å²) in [5, 5.41) is 11.1. The summed E-state index contributed by atoms with van der Waals surface area (Å²) in [5.41, 5.74) is 0.413. The molecule has 0 radical (unpaired) electrons. The van der Waals surface area contributed by atoms with E-state index in [4.69, 9.17) is 23.2 Å². The summed E-state index contributed by atoms with van der Waals surface area (Å²) in [6.45, 7) is 0. The minimum absolute atomic E-state index is 0.0330. The quantitative estimate of drug-likeness (QED) is 0.853.